The Labute approximate surface area is 97.7 Å². The third kappa shape index (κ3) is 3.06. The molecule has 2 unspecified atom stereocenters. The molecular formula is C14H21NO. The van der Waals surface area contributed by atoms with Gasteiger partial charge in [0.25, 0.3) is 0 Å². The van der Waals surface area contributed by atoms with Crippen LogP contribution in [0.5, 0.6) is 0 Å². The molecule has 0 saturated heterocycles. The molecule has 2 atom stereocenters. The largest absolute Gasteiger partial charge is 0.387 e. The van der Waals surface area contributed by atoms with E-state index in [2.05, 4.69) is 19.2 Å². The normalized spacial score (nSPS) is 19.4. The van der Waals surface area contributed by atoms with Gasteiger partial charge in [0, 0.05) is 12.6 Å². The third-order valence-electron chi connectivity index (χ3n) is 3.42. The van der Waals surface area contributed by atoms with Crippen molar-refractivity contribution in [1.82, 2.24) is 5.32 Å². The Morgan fingerprint density at radius 1 is 1.31 bits per heavy atom. The lowest BCUT2D eigenvalue weighted by Crippen LogP contribution is -2.31. The van der Waals surface area contributed by atoms with Gasteiger partial charge in [0.15, 0.2) is 0 Å². The molecule has 0 amide bonds. The summed E-state index contributed by atoms with van der Waals surface area (Å²) in [6, 6.07) is 8.64. The molecule has 0 bridgehead atoms. The fourth-order valence-electron chi connectivity index (χ4n) is 1.97. The highest BCUT2D eigenvalue weighted by atomic mass is 16.3. The second-order valence-electron chi connectivity index (χ2n) is 4.96. The molecule has 1 aromatic carbocycles. The minimum Gasteiger partial charge on any atom is -0.387 e. The highest BCUT2D eigenvalue weighted by Gasteiger charge is 2.27. The Bertz CT molecular complexity index is 329. The zero-order valence-corrected chi connectivity index (χ0v) is 10.1. The van der Waals surface area contributed by atoms with E-state index in [1.807, 2.05) is 24.3 Å². The fraction of sp³-hybridized carbons (Fsp3) is 0.571. The van der Waals surface area contributed by atoms with Crippen molar-refractivity contribution < 1.29 is 5.11 Å². The van der Waals surface area contributed by atoms with Crippen molar-refractivity contribution in [3.05, 3.63) is 35.4 Å². The maximum atomic E-state index is 10.00. The predicted molar refractivity (Wildman–Crippen MR) is 66.3 cm³/mol. The molecule has 2 rings (SSSR count). The van der Waals surface area contributed by atoms with Crippen molar-refractivity contribution in [2.24, 2.45) is 5.92 Å². The Balaban J connectivity index is 1.82. The molecule has 0 radical (unpaired) electrons. The fourth-order valence-corrected chi connectivity index (χ4v) is 1.97. The second-order valence-corrected chi connectivity index (χ2v) is 4.96. The average molecular weight is 219 g/mol. The summed E-state index contributed by atoms with van der Waals surface area (Å²) < 4.78 is 0. The molecule has 0 aliphatic heterocycles. The van der Waals surface area contributed by atoms with Gasteiger partial charge in [-0.15, -0.1) is 0 Å². The minimum atomic E-state index is -0.387. The molecule has 1 saturated carbocycles. The lowest BCUT2D eigenvalue weighted by molar-refractivity contribution is 0.169. The molecule has 0 aromatic heterocycles. The number of aliphatic hydroxyl groups is 1. The molecule has 1 aliphatic rings. The van der Waals surface area contributed by atoms with E-state index in [1.165, 1.54) is 18.4 Å². The first-order chi connectivity index (χ1) is 7.66. The van der Waals surface area contributed by atoms with Crippen LogP contribution < -0.4 is 5.32 Å². The maximum Gasteiger partial charge on any atom is 0.0914 e. The number of rotatable bonds is 5. The smallest absolute Gasteiger partial charge is 0.0914 e. The molecule has 2 nitrogen and oxygen atoms in total. The number of nitrogens with one attached hydrogen (secondary N) is 1. The molecule has 1 aliphatic carbocycles. The number of aryl methyl sites for hydroxylation is 1. The van der Waals surface area contributed by atoms with Crippen molar-refractivity contribution in [1.29, 1.82) is 0 Å². The van der Waals surface area contributed by atoms with Crippen molar-refractivity contribution in [3.63, 3.8) is 0 Å². The number of hydrogen-bond donors (Lipinski definition) is 2. The van der Waals surface area contributed by atoms with E-state index in [4.69, 9.17) is 0 Å². The summed E-state index contributed by atoms with van der Waals surface area (Å²) in [7, 11) is 0. The van der Waals surface area contributed by atoms with Gasteiger partial charge in [-0.2, -0.15) is 0 Å². The van der Waals surface area contributed by atoms with Crippen LogP contribution in [0.2, 0.25) is 0 Å². The molecule has 2 heteroatoms. The summed E-state index contributed by atoms with van der Waals surface area (Å²) in [4.78, 5) is 0. The van der Waals surface area contributed by atoms with Crippen LogP contribution in [0.3, 0.4) is 0 Å². The van der Waals surface area contributed by atoms with Crippen LogP contribution in [0.15, 0.2) is 24.3 Å². The lowest BCUT2D eigenvalue weighted by atomic mass is 10.1. The molecular weight excluding hydrogens is 198 g/mol. The van der Waals surface area contributed by atoms with Gasteiger partial charge in [-0.25, -0.2) is 0 Å². The van der Waals surface area contributed by atoms with Gasteiger partial charge in [0.05, 0.1) is 6.10 Å². The van der Waals surface area contributed by atoms with Crippen LogP contribution in [-0.4, -0.2) is 17.7 Å². The van der Waals surface area contributed by atoms with Gasteiger partial charge in [-0.1, -0.05) is 29.8 Å². The Kier molecular flexibility index (Phi) is 3.62. The molecule has 2 N–H and O–H groups in total. The quantitative estimate of drug-likeness (QED) is 0.797. The van der Waals surface area contributed by atoms with Gasteiger partial charge < -0.3 is 10.4 Å². The molecule has 1 fully saturated rings. The maximum absolute atomic E-state index is 10.00. The van der Waals surface area contributed by atoms with Crippen LogP contribution in [0.1, 0.15) is 37.0 Å². The Morgan fingerprint density at radius 3 is 2.50 bits per heavy atom. The van der Waals surface area contributed by atoms with Crippen LogP contribution >= 0.6 is 0 Å². The summed E-state index contributed by atoms with van der Waals surface area (Å²) in [6.45, 7) is 4.92. The summed E-state index contributed by atoms with van der Waals surface area (Å²) >= 11 is 0. The highest BCUT2D eigenvalue weighted by molar-refractivity contribution is 5.23. The summed E-state index contributed by atoms with van der Waals surface area (Å²) in [6.07, 6.45) is 2.30. The Morgan fingerprint density at radius 2 is 1.94 bits per heavy atom. The topological polar surface area (TPSA) is 32.3 Å². The zero-order chi connectivity index (χ0) is 11.5. The first-order valence-electron chi connectivity index (χ1n) is 6.15. The van der Waals surface area contributed by atoms with E-state index in [0.717, 1.165) is 11.5 Å². The lowest BCUT2D eigenvalue weighted by Gasteiger charge is -2.17. The van der Waals surface area contributed by atoms with Gasteiger partial charge in [0.2, 0.25) is 0 Å². The third-order valence-corrected chi connectivity index (χ3v) is 3.42. The van der Waals surface area contributed by atoms with Crippen LogP contribution in [0.25, 0.3) is 0 Å². The standard InChI is InChI=1S/C14H21NO/c1-10-3-5-13(6-4-10)14(16)9-15-11(2)12-7-8-12/h3-6,11-12,14-16H,7-9H2,1-2H3. The van der Waals surface area contributed by atoms with Crippen LogP contribution in [-0.2, 0) is 0 Å². The van der Waals surface area contributed by atoms with E-state index < -0.39 is 0 Å². The first kappa shape index (κ1) is 11.6. The zero-order valence-electron chi connectivity index (χ0n) is 10.1. The van der Waals surface area contributed by atoms with E-state index in [0.29, 0.717) is 12.6 Å². The first-order valence-corrected chi connectivity index (χ1v) is 6.15. The summed E-state index contributed by atoms with van der Waals surface area (Å²) in [5.41, 5.74) is 2.23. The molecule has 1 aromatic rings. The summed E-state index contributed by atoms with van der Waals surface area (Å²) in [5, 5.41) is 13.4. The number of hydrogen-bond acceptors (Lipinski definition) is 2. The van der Waals surface area contributed by atoms with Crippen LogP contribution in [0, 0.1) is 12.8 Å². The Hall–Kier alpha value is -0.860. The van der Waals surface area contributed by atoms with E-state index >= 15 is 0 Å². The van der Waals surface area contributed by atoms with E-state index in [1.54, 1.807) is 0 Å². The van der Waals surface area contributed by atoms with Crippen molar-refractivity contribution in [2.75, 3.05) is 6.54 Å². The van der Waals surface area contributed by atoms with Gasteiger partial charge in [-0.3, -0.25) is 0 Å². The number of aliphatic hydroxyl groups excluding tert-OH is 1. The molecule has 16 heavy (non-hydrogen) atoms. The van der Waals surface area contributed by atoms with Gasteiger partial charge in [-0.05, 0) is 38.2 Å². The minimum absolute atomic E-state index is 0.387. The van der Waals surface area contributed by atoms with Gasteiger partial charge >= 0.3 is 0 Å². The van der Waals surface area contributed by atoms with Crippen LogP contribution in [0.4, 0.5) is 0 Å². The van der Waals surface area contributed by atoms with Crippen molar-refractivity contribution in [3.8, 4) is 0 Å². The van der Waals surface area contributed by atoms with E-state index in [-0.39, 0.29) is 6.10 Å². The average Bonchev–Trinajstić information content (AvgIpc) is 3.10. The second kappa shape index (κ2) is 4.98. The highest BCUT2D eigenvalue weighted by Crippen LogP contribution is 2.32. The van der Waals surface area contributed by atoms with Gasteiger partial charge in [0.1, 0.15) is 0 Å². The van der Waals surface area contributed by atoms with E-state index in [9.17, 15) is 5.11 Å². The summed E-state index contributed by atoms with van der Waals surface area (Å²) in [5.74, 6) is 0.838. The SMILES string of the molecule is Cc1ccc(C(O)CNC(C)C2CC2)cc1. The molecule has 88 valence electrons. The van der Waals surface area contributed by atoms with Crippen molar-refractivity contribution >= 4 is 0 Å². The monoisotopic (exact) mass is 219 g/mol. The van der Waals surface area contributed by atoms with Crippen molar-refractivity contribution in [2.45, 2.75) is 38.8 Å². The predicted octanol–water partition coefficient (Wildman–Crippen LogP) is 2.42. The molecule has 0 heterocycles. The molecule has 0 spiro atoms. The number of benzene rings is 1.